The third-order valence-electron chi connectivity index (χ3n) is 5.83. The van der Waals surface area contributed by atoms with E-state index < -0.39 is 0 Å². The van der Waals surface area contributed by atoms with Gasteiger partial charge in [0.25, 0.3) is 5.91 Å². The van der Waals surface area contributed by atoms with Crippen molar-refractivity contribution >= 4 is 5.91 Å². The number of rotatable bonds is 3. The van der Waals surface area contributed by atoms with Crippen LogP contribution in [0.1, 0.15) is 48.4 Å². The average Bonchev–Trinajstić information content (AvgIpc) is 3.19. The standard InChI is InChI=1S/C16H22N2O2/c17-8-10-4-5-15(20-10)16(19)18-14-7-9-6-13(14)12-3-1-2-11(9)12/h4-5,9,11-14H,1-3,6-8,17H2,(H,18,19). The Kier molecular flexibility index (Phi) is 2.88. The predicted molar refractivity (Wildman–Crippen MR) is 74.9 cm³/mol. The molecule has 0 spiro atoms. The molecule has 4 heteroatoms. The van der Waals surface area contributed by atoms with Crippen LogP contribution in [0.5, 0.6) is 0 Å². The van der Waals surface area contributed by atoms with E-state index in [0.29, 0.717) is 30.0 Å². The molecule has 1 amide bonds. The van der Waals surface area contributed by atoms with Crippen molar-refractivity contribution in [3.63, 3.8) is 0 Å². The Labute approximate surface area is 119 Å². The number of amides is 1. The third kappa shape index (κ3) is 1.81. The maximum Gasteiger partial charge on any atom is 0.287 e. The minimum Gasteiger partial charge on any atom is -0.455 e. The van der Waals surface area contributed by atoms with E-state index in [0.717, 1.165) is 17.8 Å². The lowest BCUT2D eigenvalue weighted by Crippen LogP contribution is -2.42. The van der Waals surface area contributed by atoms with Crippen molar-refractivity contribution in [2.45, 2.75) is 44.7 Å². The number of nitrogens with two attached hydrogens (primary N) is 1. The van der Waals surface area contributed by atoms with E-state index in [-0.39, 0.29) is 5.91 Å². The van der Waals surface area contributed by atoms with Gasteiger partial charge in [-0.15, -0.1) is 0 Å². The summed E-state index contributed by atoms with van der Waals surface area (Å²) in [6, 6.07) is 3.87. The Balaban J connectivity index is 1.44. The summed E-state index contributed by atoms with van der Waals surface area (Å²) in [5, 5.41) is 3.20. The van der Waals surface area contributed by atoms with E-state index in [9.17, 15) is 4.79 Å². The number of carbonyl (C=O) groups excluding carboxylic acids is 1. The number of hydrogen-bond acceptors (Lipinski definition) is 3. The molecule has 0 aromatic carbocycles. The van der Waals surface area contributed by atoms with Gasteiger partial charge >= 0.3 is 0 Å². The van der Waals surface area contributed by atoms with Gasteiger partial charge in [0.15, 0.2) is 5.76 Å². The molecule has 3 saturated carbocycles. The fourth-order valence-corrected chi connectivity index (χ4v) is 5.08. The molecular weight excluding hydrogens is 252 g/mol. The largest absolute Gasteiger partial charge is 0.455 e. The lowest BCUT2D eigenvalue weighted by atomic mass is 9.79. The van der Waals surface area contributed by atoms with Crippen LogP contribution in [0, 0.1) is 23.7 Å². The number of nitrogens with one attached hydrogen (secondary N) is 1. The highest BCUT2D eigenvalue weighted by Crippen LogP contribution is 2.58. The minimum atomic E-state index is -0.0724. The summed E-state index contributed by atoms with van der Waals surface area (Å²) in [4.78, 5) is 12.3. The fourth-order valence-electron chi connectivity index (χ4n) is 5.08. The second-order valence-corrected chi connectivity index (χ2v) is 6.70. The zero-order chi connectivity index (χ0) is 13.7. The fraction of sp³-hybridized carbons (Fsp3) is 0.688. The van der Waals surface area contributed by atoms with Crippen molar-refractivity contribution in [2.24, 2.45) is 29.4 Å². The van der Waals surface area contributed by atoms with Gasteiger partial charge in [0.05, 0.1) is 6.54 Å². The van der Waals surface area contributed by atoms with Crippen LogP contribution in [-0.2, 0) is 6.54 Å². The first kappa shape index (κ1) is 12.5. The quantitative estimate of drug-likeness (QED) is 0.888. The van der Waals surface area contributed by atoms with Crippen LogP contribution >= 0.6 is 0 Å². The summed E-state index contributed by atoms with van der Waals surface area (Å²) in [6.07, 6.45) is 6.68. The molecule has 1 aromatic rings. The van der Waals surface area contributed by atoms with Crippen LogP contribution < -0.4 is 11.1 Å². The molecule has 5 unspecified atom stereocenters. The van der Waals surface area contributed by atoms with Gasteiger partial charge in [-0.25, -0.2) is 0 Å². The topological polar surface area (TPSA) is 68.3 Å². The summed E-state index contributed by atoms with van der Waals surface area (Å²) < 4.78 is 5.43. The lowest BCUT2D eigenvalue weighted by molar-refractivity contribution is 0.0871. The number of carbonyl (C=O) groups is 1. The van der Waals surface area contributed by atoms with E-state index >= 15 is 0 Å². The van der Waals surface area contributed by atoms with Crippen molar-refractivity contribution in [3.05, 3.63) is 23.7 Å². The molecule has 0 radical (unpaired) electrons. The molecule has 20 heavy (non-hydrogen) atoms. The zero-order valence-corrected chi connectivity index (χ0v) is 11.7. The van der Waals surface area contributed by atoms with Crippen LogP contribution in [0.25, 0.3) is 0 Å². The van der Waals surface area contributed by atoms with Gasteiger partial charge in [0, 0.05) is 6.04 Å². The van der Waals surface area contributed by atoms with Crippen LogP contribution in [-0.4, -0.2) is 11.9 Å². The Morgan fingerprint density at radius 2 is 2.10 bits per heavy atom. The van der Waals surface area contributed by atoms with E-state index in [4.69, 9.17) is 10.2 Å². The first-order chi connectivity index (χ1) is 9.76. The lowest BCUT2D eigenvalue weighted by Gasteiger charge is -2.31. The summed E-state index contributed by atoms with van der Waals surface area (Å²) in [6.45, 7) is 0.338. The van der Waals surface area contributed by atoms with E-state index in [1.54, 1.807) is 12.1 Å². The smallest absolute Gasteiger partial charge is 0.287 e. The van der Waals surface area contributed by atoms with E-state index in [1.807, 2.05) is 0 Å². The van der Waals surface area contributed by atoms with E-state index in [2.05, 4.69) is 5.32 Å². The van der Waals surface area contributed by atoms with E-state index in [1.165, 1.54) is 32.1 Å². The van der Waals surface area contributed by atoms with Crippen molar-refractivity contribution in [1.82, 2.24) is 5.32 Å². The molecule has 0 aliphatic heterocycles. The van der Waals surface area contributed by atoms with Crippen LogP contribution in [0.4, 0.5) is 0 Å². The Morgan fingerprint density at radius 1 is 1.25 bits per heavy atom. The second-order valence-electron chi connectivity index (χ2n) is 6.70. The first-order valence-corrected chi connectivity index (χ1v) is 7.86. The molecule has 5 atom stereocenters. The van der Waals surface area contributed by atoms with Gasteiger partial charge < -0.3 is 15.5 Å². The number of furan rings is 1. The van der Waals surface area contributed by atoms with Gasteiger partial charge in [0.1, 0.15) is 5.76 Å². The molecule has 3 aliphatic carbocycles. The SMILES string of the molecule is NCc1ccc(C(=O)NC2CC3CC2C2CCCC32)o1. The van der Waals surface area contributed by atoms with Gasteiger partial charge in [0.2, 0.25) is 0 Å². The molecule has 108 valence electrons. The Bertz CT molecular complexity index is 524. The Morgan fingerprint density at radius 3 is 2.90 bits per heavy atom. The third-order valence-corrected chi connectivity index (χ3v) is 5.83. The highest BCUT2D eigenvalue weighted by atomic mass is 16.4. The molecule has 4 nitrogen and oxygen atoms in total. The monoisotopic (exact) mass is 274 g/mol. The normalized spacial score (nSPS) is 38.1. The summed E-state index contributed by atoms with van der Waals surface area (Å²) >= 11 is 0. The average molecular weight is 274 g/mol. The molecule has 1 heterocycles. The Hall–Kier alpha value is -1.29. The van der Waals surface area contributed by atoms with Gasteiger partial charge in [-0.05, 0) is 61.5 Å². The number of fused-ring (bicyclic) bond motifs is 5. The van der Waals surface area contributed by atoms with Crippen molar-refractivity contribution in [1.29, 1.82) is 0 Å². The molecule has 1 aromatic heterocycles. The highest BCUT2D eigenvalue weighted by molar-refractivity contribution is 5.91. The highest BCUT2D eigenvalue weighted by Gasteiger charge is 2.54. The number of hydrogen-bond donors (Lipinski definition) is 2. The van der Waals surface area contributed by atoms with Crippen molar-refractivity contribution < 1.29 is 9.21 Å². The minimum absolute atomic E-state index is 0.0724. The molecule has 2 bridgehead atoms. The maximum atomic E-state index is 12.3. The van der Waals surface area contributed by atoms with Gasteiger partial charge in [-0.2, -0.15) is 0 Å². The maximum absolute atomic E-state index is 12.3. The summed E-state index contributed by atoms with van der Waals surface area (Å²) in [7, 11) is 0. The van der Waals surface area contributed by atoms with Crippen LogP contribution in [0.3, 0.4) is 0 Å². The molecule has 3 fully saturated rings. The predicted octanol–water partition coefficient (Wildman–Crippen LogP) is 2.29. The molecule has 3 N–H and O–H groups in total. The van der Waals surface area contributed by atoms with Crippen LogP contribution in [0.15, 0.2) is 16.5 Å². The molecular formula is C16H22N2O2. The summed E-state index contributed by atoms with van der Waals surface area (Å²) in [5.74, 6) is 4.39. The molecule has 4 rings (SSSR count). The van der Waals surface area contributed by atoms with Gasteiger partial charge in [-0.3, -0.25) is 4.79 Å². The van der Waals surface area contributed by atoms with Crippen molar-refractivity contribution in [2.75, 3.05) is 0 Å². The van der Waals surface area contributed by atoms with Crippen molar-refractivity contribution in [3.8, 4) is 0 Å². The van der Waals surface area contributed by atoms with Gasteiger partial charge in [-0.1, -0.05) is 6.42 Å². The summed E-state index contributed by atoms with van der Waals surface area (Å²) in [5.41, 5.74) is 5.51. The molecule has 3 aliphatic rings. The zero-order valence-electron chi connectivity index (χ0n) is 11.7. The second kappa shape index (κ2) is 4.62. The first-order valence-electron chi connectivity index (χ1n) is 7.86. The molecule has 0 saturated heterocycles. The van der Waals surface area contributed by atoms with Crippen LogP contribution in [0.2, 0.25) is 0 Å².